The average molecular weight is 263 g/mol. The van der Waals surface area contributed by atoms with Crippen molar-refractivity contribution in [1.29, 1.82) is 0 Å². The number of hydrogen-bond donors (Lipinski definition) is 2. The quantitative estimate of drug-likeness (QED) is 0.817. The molecule has 0 aromatic heterocycles. The van der Waals surface area contributed by atoms with E-state index in [4.69, 9.17) is 0 Å². The van der Waals surface area contributed by atoms with Crippen LogP contribution >= 0.6 is 0 Å². The molecule has 1 aromatic carbocycles. The first-order chi connectivity index (χ1) is 7.87. The van der Waals surface area contributed by atoms with Crippen molar-refractivity contribution < 1.29 is 22.3 Å². The van der Waals surface area contributed by atoms with Gasteiger partial charge >= 0.3 is 0 Å². The molecule has 1 aliphatic rings. The van der Waals surface area contributed by atoms with Gasteiger partial charge < -0.3 is 10.4 Å². The van der Waals surface area contributed by atoms with Crippen molar-refractivity contribution in [3.63, 3.8) is 0 Å². The van der Waals surface area contributed by atoms with Crippen LogP contribution in [0.5, 0.6) is 0 Å². The highest BCUT2D eigenvalue weighted by Gasteiger charge is 2.36. The van der Waals surface area contributed by atoms with E-state index in [0.717, 1.165) is 6.07 Å². The lowest BCUT2D eigenvalue weighted by atomic mass is 10.2. The standard InChI is InChI=1S/C10H11F2NO3S/c11-6-1-2-8(7(12)3-6)13-9-4-17(15,16)5-10(9)14/h1-3,9-10,13-14H,4-5H2. The third kappa shape index (κ3) is 2.73. The van der Waals surface area contributed by atoms with Crippen LogP contribution in [0.25, 0.3) is 0 Å². The highest BCUT2D eigenvalue weighted by molar-refractivity contribution is 7.91. The van der Waals surface area contributed by atoms with Gasteiger partial charge in [0.1, 0.15) is 11.6 Å². The van der Waals surface area contributed by atoms with Crippen molar-refractivity contribution in [2.45, 2.75) is 12.1 Å². The van der Waals surface area contributed by atoms with Crippen LogP contribution in [0, 0.1) is 11.6 Å². The van der Waals surface area contributed by atoms with Crippen molar-refractivity contribution in [1.82, 2.24) is 0 Å². The fourth-order valence-corrected chi connectivity index (χ4v) is 3.51. The van der Waals surface area contributed by atoms with Crippen molar-refractivity contribution in [2.75, 3.05) is 16.8 Å². The number of anilines is 1. The Morgan fingerprint density at radius 1 is 1.29 bits per heavy atom. The molecule has 0 bridgehead atoms. The van der Waals surface area contributed by atoms with Crippen LogP contribution in [0.4, 0.5) is 14.5 Å². The van der Waals surface area contributed by atoms with Crippen molar-refractivity contribution >= 4 is 15.5 Å². The summed E-state index contributed by atoms with van der Waals surface area (Å²) in [7, 11) is -3.29. The predicted octanol–water partition coefficient (Wildman–Crippen LogP) is 0.535. The topological polar surface area (TPSA) is 66.4 Å². The number of benzene rings is 1. The zero-order chi connectivity index (χ0) is 12.6. The maximum atomic E-state index is 13.3. The van der Waals surface area contributed by atoms with E-state index in [0.29, 0.717) is 6.07 Å². The van der Waals surface area contributed by atoms with Crippen LogP contribution in [-0.2, 0) is 9.84 Å². The number of sulfone groups is 1. The Labute approximate surface area is 97.2 Å². The number of hydrogen-bond acceptors (Lipinski definition) is 4. The Kier molecular flexibility index (Phi) is 3.05. The molecule has 4 nitrogen and oxygen atoms in total. The van der Waals surface area contributed by atoms with Gasteiger partial charge in [0, 0.05) is 6.07 Å². The Morgan fingerprint density at radius 2 is 2.00 bits per heavy atom. The molecule has 1 heterocycles. The van der Waals surface area contributed by atoms with Gasteiger partial charge in [-0.15, -0.1) is 0 Å². The molecule has 1 fully saturated rings. The van der Waals surface area contributed by atoms with Crippen LogP contribution in [0.2, 0.25) is 0 Å². The molecule has 7 heteroatoms. The number of rotatable bonds is 2. The molecule has 0 aliphatic carbocycles. The zero-order valence-corrected chi connectivity index (χ0v) is 9.55. The fourth-order valence-electron chi connectivity index (χ4n) is 1.77. The largest absolute Gasteiger partial charge is 0.390 e. The molecule has 0 spiro atoms. The lowest BCUT2D eigenvalue weighted by Gasteiger charge is -2.16. The van der Waals surface area contributed by atoms with Gasteiger partial charge in [0.05, 0.1) is 29.3 Å². The second-order valence-electron chi connectivity index (χ2n) is 4.02. The SMILES string of the molecule is O=S1(=O)CC(O)C(Nc2ccc(F)cc2F)C1. The van der Waals surface area contributed by atoms with E-state index in [1.165, 1.54) is 6.07 Å². The van der Waals surface area contributed by atoms with Crippen LogP contribution in [0.1, 0.15) is 0 Å². The van der Waals surface area contributed by atoms with Gasteiger partial charge in [0.2, 0.25) is 0 Å². The predicted molar refractivity (Wildman–Crippen MR) is 58.4 cm³/mol. The zero-order valence-electron chi connectivity index (χ0n) is 8.73. The number of nitrogens with one attached hydrogen (secondary N) is 1. The number of halogens is 2. The summed E-state index contributed by atoms with van der Waals surface area (Å²) in [6.07, 6.45) is -1.08. The summed E-state index contributed by atoms with van der Waals surface area (Å²) in [5.74, 6) is -2.13. The minimum Gasteiger partial charge on any atom is -0.390 e. The van der Waals surface area contributed by atoms with Gasteiger partial charge in [0.15, 0.2) is 9.84 Å². The smallest absolute Gasteiger partial charge is 0.155 e. The summed E-state index contributed by atoms with van der Waals surface area (Å²) in [6, 6.07) is 2.15. The molecule has 2 rings (SSSR count). The van der Waals surface area contributed by atoms with Gasteiger partial charge in [-0.2, -0.15) is 0 Å². The molecule has 1 aliphatic heterocycles. The molecule has 94 valence electrons. The van der Waals surface area contributed by atoms with E-state index in [9.17, 15) is 22.3 Å². The van der Waals surface area contributed by atoms with Crippen LogP contribution in [-0.4, -0.2) is 37.2 Å². The summed E-state index contributed by atoms with van der Waals surface area (Å²) >= 11 is 0. The maximum Gasteiger partial charge on any atom is 0.155 e. The molecule has 0 saturated carbocycles. The molecule has 0 radical (unpaired) electrons. The maximum absolute atomic E-state index is 13.3. The van der Waals surface area contributed by atoms with Gasteiger partial charge in [-0.05, 0) is 12.1 Å². The molecule has 1 aromatic rings. The van der Waals surface area contributed by atoms with E-state index in [1.54, 1.807) is 0 Å². The summed E-state index contributed by atoms with van der Waals surface area (Å²) < 4.78 is 48.4. The van der Waals surface area contributed by atoms with E-state index >= 15 is 0 Å². The first kappa shape index (κ1) is 12.3. The molecule has 17 heavy (non-hydrogen) atoms. The van der Waals surface area contributed by atoms with Crippen LogP contribution in [0.3, 0.4) is 0 Å². The van der Waals surface area contributed by atoms with E-state index in [2.05, 4.69) is 5.32 Å². The monoisotopic (exact) mass is 263 g/mol. The number of aliphatic hydroxyl groups is 1. The van der Waals surface area contributed by atoms with Gasteiger partial charge in [0.25, 0.3) is 0 Å². The summed E-state index contributed by atoms with van der Waals surface area (Å²) in [6.45, 7) is 0. The van der Waals surface area contributed by atoms with Crippen molar-refractivity contribution in [3.05, 3.63) is 29.8 Å². The lowest BCUT2D eigenvalue weighted by molar-refractivity contribution is 0.190. The Hall–Kier alpha value is -1.21. The third-order valence-corrected chi connectivity index (χ3v) is 4.31. The Bertz CT molecular complexity index is 532. The molecule has 2 N–H and O–H groups in total. The van der Waals surface area contributed by atoms with Crippen molar-refractivity contribution in [2.24, 2.45) is 0 Å². The second kappa shape index (κ2) is 4.23. The fraction of sp³-hybridized carbons (Fsp3) is 0.400. The van der Waals surface area contributed by atoms with Gasteiger partial charge in [-0.1, -0.05) is 0 Å². The number of aliphatic hydroxyl groups excluding tert-OH is 1. The molecular weight excluding hydrogens is 252 g/mol. The second-order valence-corrected chi connectivity index (χ2v) is 6.17. The highest BCUT2D eigenvalue weighted by Crippen LogP contribution is 2.21. The molecule has 0 amide bonds. The first-order valence-corrected chi connectivity index (χ1v) is 6.79. The summed E-state index contributed by atoms with van der Waals surface area (Å²) in [5.41, 5.74) is -0.0208. The highest BCUT2D eigenvalue weighted by atomic mass is 32.2. The molecule has 1 saturated heterocycles. The Balaban J connectivity index is 2.17. The third-order valence-electron chi connectivity index (χ3n) is 2.59. The summed E-state index contributed by atoms with van der Waals surface area (Å²) in [5, 5.41) is 12.1. The van der Waals surface area contributed by atoms with Gasteiger partial charge in [-0.3, -0.25) is 0 Å². The minimum atomic E-state index is -3.29. The minimum absolute atomic E-state index is 0.0208. The molecule has 2 atom stereocenters. The lowest BCUT2D eigenvalue weighted by Crippen LogP contribution is -2.32. The first-order valence-electron chi connectivity index (χ1n) is 4.97. The molecule has 2 unspecified atom stereocenters. The van der Waals surface area contributed by atoms with Gasteiger partial charge in [-0.25, -0.2) is 17.2 Å². The Morgan fingerprint density at radius 3 is 2.53 bits per heavy atom. The molecular formula is C10H11F2NO3S. The normalized spacial score (nSPS) is 27.0. The average Bonchev–Trinajstić information content (AvgIpc) is 2.44. The van der Waals surface area contributed by atoms with Crippen molar-refractivity contribution in [3.8, 4) is 0 Å². The van der Waals surface area contributed by atoms with Crippen LogP contribution < -0.4 is 5.32 Å². The van der Waals surface area contributed by atoms with E-state index in [1.807, 2.05) is 0 Å². The van der Waals surface area contributed by atoms with Crippen LogP contribution in [0.15, 0.2) is 18.2 Å². The summed E-state index contributed by atoms with van der Waals surface area (Å²) in [4.78, 5) is 0. The van der Waals surface area contributed by atoms with E-state index < -0.39 is 33.6 Å². The van der Waals surface area contributed by atoms with E-state index in [-0.39, 0.29) is 17.2 Å².